The molecule has 0 fully saturated rings. The highest BCUT2D eigenvalue weighted by Crippen LogP contribution is 1.93. The Balaban J connectivity index is 0.000000321. The van der Waals surface area contributed by atoms with Crippen LogP contribution in [0.2, 0.25) is 0 Å². The third-order valence-corrected chi connectivity index (χ3v) is 1.60. The van der Waals surface area contributed by atoms with Gasteiger partial charge in [-0.3, -0.25) is 4.98 Å². The Hall–Kier alpha value is -2.21. The van der Waals surface area contributed by atoms with E-state index in [0.717, 1.165) is 0 Å². The lowest BCUT2D eigenvalue weighted by molar-refractivity contribution is -0.139. The van der Waals surface area contributed by atoms with Gasteiger partial charge in [0.1, 0.15) is 6.61 Å². The predicted molar refractivity (Wildman–Crippen MR) is 64.1 cm³/mol. The quantitative estimate of drug-likeness (QED) is 0.610. The van der Waals surface area contributed by atoms with Crippen molar-refractivity contribution >= 4 is 11.9 Å². The maximum Gasteiger partial charge on any atom is 0.335 e. The van der Waals surface area contributed by atoms with Crippen molar-refractivity contribution in [3.63, 3.8) is 0 Å². The molecule has 2 N–H and O–H groups in total. The number of aliphatic hydroxyl groups excluding tert-OH is 1. The van der Waals surface area contributed by atoms with E-state index in [1.807, 2.05) is 0 Å². The zero-order chi connectivity index (χ0) is 14.0. The predicted octanol–water partition coefficient (Wildman–Crippen LogP) is 0.878. The summed E-state index contributed by atoms with van der Waals surface area (Å²) in [4.78, 5) is 24.3. The summed E-state index contributed by atoms with van der Waals surface area (Å²) in [6.07, 6.45) is 2.90. The van der Waals surface area contributed by atoms with Crippen LogP contribution in [0.4, 0.5) is 0 Å². The van der Waals surface area contributed by atoms with Crippen molar-refractivity contribution in [1.29, 1.82) is 0 Å². The zero-order valence-electron chi connectivity index (χ0n) is 10.00. The van der Waals surface area contributed by atoms with E-state index in [1.54, 1.807) is 6.92 Å². The van der Waals surface area contributed by atoms with E-state index in [2.05, 4.69) is 16.3 Å². The Bertz CT molecular complexity index is 402. The molecule has 0 aliphatic heterocycles. The fraction of sp³-hybridized carbons (Fsp3) is 0.250. The maximum absolute atomic E-state index is 10.5. The summed E-state index contributed by atoms with van der Waals surface area (Å²) >= 11 is 0. The fourth-order valence-corrected chi connectivity index (χ4v) is 0.756. The minimum atomic E-state index is -0.919. The van der Waals surface area contributed by atoms with Crippen molar-refractivity contribution in [3.8, 4) is 0 Å². The van der Waals surface area contributed by atoms with Crippen molar-refractivity contribution < 1.29 is 24.5 Å². The Morgan fingerprint density at radius 3 is 2.28 bits per heavy atom. The smallest absolute Gasteiger partial charge is 0.335 e. The highest BCUT2D eigenvalue weighted by Gasteiger charge is 1.99. The lowest BCUT2D eigenvalue weighted by atomic mass is 10.3. The highest BCUT2D eigenvalue weighted by atomic mass is 16.5. The molecule has 0 saturated heterocycles. The molecule has 1 rings (SSSR count). The number of carbonyl (C=O) groups excluding carboxylic acids is 1. The standard InChI is InChI=1S/C6H5NO2.C6H10O3/c8-6(9)5-1-3-7-4-2-5;1-5(2)6(8)9-4-3-7/h1-4H,(H,8,9);7H,1,3-4H2,2H3. The number of aliphatic hydroxyl groups is 1. The minimum Gasteiger partial charge on any atom is -0.478 e. The molecule has 0 saturated carbocycles. The van der Waals surface area contributed by atoms with Gasteiger partial charge in [-0.2, -0.15) is 0 Å². The fourth-order valence-electron chi connectivity index (χ4n) is 0.756. The van der Waals surface area contributed by atoms with Gasteiger partial charge in [0.05, 0.1) is 12.2 Å². The van der Waals surface area contributed by atoms with Gasteiger partial charge < -0.3 is 14.9 Å². The first-order valence-corrected chi connectivity index (χ1v) is 5.05. The minimum absolute atomic E-state index is 0.0473. The largest absolute Gasteiger partial charge is 0.478 e. The van der Waals surface area contributed by atoms with Crippen LogP contribution in [0, 0.1) is 0 Å². The van der Waals surface area contributed by atoms with Gasteiger partial charge in [-0.05, 0) is 19.1 Å². The van der Waals surface area contributed by atoms with Crippen LogP contribution in [0.1, 0.15) is 17.3 Å². The Morgan fingerprint density at radius 1 is 1.39 bits per heavy atom. The molecule has 6 nitrogen and oxygen atoms in total. The first-order chi connectivity index (χ1) is 8.49. The van der Waals surface area contributed by atoms with Crippen molar-refractivity contribution in [1.82, 2.24) is 4.98 Å². The number of pyridine rings is 1. The van der Waals surface area contributed by atoms with Crippen LogP contribution in [-0.4, -0.2) is 40.3 Å². The molecular weight excluding hydrogens is 238 g/mol. The third-order valence-electron chi connectivity index (χ3n) is 1.60. The van der Waals surface area contributed by atoms with E-state index in [-0.39, 0.29) is 18.8 Å². The molecule has 1 aromatic rings. The van der Waals surface area contributed by atoms with Crippen molar-refractivity contribution in [2.75, 3.05) is 13.2 Å². The molecule has 1 aromatic heterocycles. The number of esters is 1. The normalized spacial score (nSPS) is 8.78. The molecular formula is C12H15NO5. The molecule has 0 aromatic carbocycles. The molecule has 98 valence electrons. The number of aromatic carboxylic acids is 1. The van der Waals surface area contributed by atoms with Crippen molar-refractivity contribution in [2.45, 2.75) is 6.92 Å². The van der Waals surface area contributed by atoms with E-state index in [9.17, 15) is 9.59 Å². The van der Waals surface area contributed by atoms with Crippen molar-refractivity contribution in [3.05, 3.63) is 42.2 Å². The number of ether oxygens (including phenoxy) is 1. The topological polar surface area (TPSA) is 96.7 Å². The molecule has 1 heterocycles. The van der Waals surface area contributed by atoms with E-state index in [0.29, 0.717) is 5.57 Å². The molecule has 0 unspecified atom stereocenters. The van der Waals surface area contributed by atoms with Crippen molar-refractivity contribution in [2.24, 2.45) is 0 Å². The summed E-state index contributed by atoms with van der Waals surface area (Å²) in [6.45, 7) is 4.81. The van der Waals surface area contributed by atoms with Crippen LogP contribution in [0.3, 0.4) is 0 Å². The summed E-state index contributed by atoms with van der Waals surface area (Å²) in [6, 6.07) is 2.89. The average Bonchev–Trinajstić information content (AvgIpc) is 2.37. The van der Waals surface area contributed by atoms with Gasteiger partial charge in [-0.25, -0.2) is 9.59 Å². The van der Waals surface area contributed by atoms with Crippen LogP contribution in [0.25, 0.3) is 0 Å². The number of carbonyl (C=O) groups is 2. The molecule has 0 aliphatic rings. The second-order valence-corrected chi connectivity index (χ2v) is 3.18. The van der Waals surface area contributed by atoms with Crippen LogP contribution in [-0.2, 0) is 9.53 Å². The molecule has 0 spiro atoms. The molecule has 0 atom stereocenters. The van der Waals surface area contributed by atoms with E-state index in [1.165, 1.54) is 24.5 Å². The summed E-state index contributed by atoms with van der Waals surface area (Å²) in [5.74, 6) is -1.37. The van der Waals surface area contributed by atoms with Gasteiger partial charge in [-0.15, -0.1) is 0 Å². The maximum atomic E-state index is 10.5. The molecule has 18 heavy (non-hydrogen) atoms. The summed E-state index contributed by atoms with van der Waals surface area (Å²) in [5, 5.41) is 16.5. The molecule has 0 amide bonds. The van der Waals surface area contributed by atoms with Crippen LogP contribution in [0.15, 0.2) is 36.7 Å². The molecule has 0 radical (unpaired) electrons. The molecule has 6 heteroatoms. The van der Waals surface area contributed by atoms with Crippen LogP contribution >= 0.6 is 0 Å². The monoisotopic (exact) mass is 253 g/mol. The van der Waals surface area contributed by atoms with Gasteiger partial charge in [0, 0.05) is 18.0 Å². The number of carboxylic acid groups (broad SMARTS) is 1. The number of rotatable bonds is 4. The Labute approximate surface area is 105 Å². The SMILES string of the molecule is C=C(C)C(=O)OCCO.O=C(O)c1ccncc1. The first-order valence-electron chi connectivity index (χ1n) is 5.05. The Kier molecular flexibility index (Phi) is 7.80. The summed E-state index contributed by atoms with van der Waals surface area (Å²) < 4.78 is 4.46. The van der Waals surface area contributed by atoms with Gasteiger partial charge in [0.25, 0.3) is 0 Å². The first kappa shape index (κ1) is 15.8. The number of hydrogen-bond donors (Lipinski definition) is 2. The zero-order valence-corrected chi connectivity index (χ0v) is 10.00. The number of aromatic nitrogens is 1. The van der Waals surface area contributed by atoms with Crippen LogP contribution < -0.4 is 0 Å². The summed E-state index contributed by atoms with van der Waals surface area (Å²) in [5.41, 5.74) is 0.619. The third kappa shape index (κ3) is 7.13. The van der Waals surface area contributed by atoms with Gasteiger partial charge in [0.15, 0.2) is 0 Å². The van der Waals surface area contributed by atoms with Crippen LogP contribution in [0.5, 0.6) is 0 Å². The van der Waals surface area contributed by atoms with E-state index in [4.69, 9.17) is 10.2 Å². The number of hydrogen-bond acceptors (Lipinski definition) is 5. The van der Waals surface area contributed by atoms with Gasteiger partial charge >= 0.3 is 11.9 Å². The Morgan fingerprint density at radius 2 is 1.94 bits per heavy atom. The molecule has 0 bridgehead atoms. The number of nitrogens with zero attached hydrogens (tertiary/aromatic N) is 1. The lowest BCUT2D eigenvalue weighted by Crippen LogP contribution is -2.08. The van der Waals surface area contributed by atoms with E-state index < -0.39 is 11.9 Å². The average molecular weight is 253 g/mol. The second-order valence-electron chi connectivity index (χ2n) is 3.18. The number of carboxylic acids is 1. The molecule has 0 aliphatic carbocycles. The van der Waals surface area contributed by atoms with Gasteiger partial charge in [0.2, 0.25) is 0 Å². The van der Waals surface area contributed by atoms with Gasteiger partial charge in [-0.1, -0.05) is 6.58 Å². The summed E-state index contributed by atoms with van der Waals surface area (Å²) in [7, 11) is 0. The lowest BCUT2D eigenvalue weighted by Gasteiger charge is -1.99. The highest BCUT2D eigenvalue weighted by molar-refractivity contribution is 5.87. The second kappa shape index (κ2) is 8.89. The van der Waals surface area contributed by atoms with E-state index >= 15 is 0 Å².